The maximum atomic E-state index is 12.3. The van der Waals surface area contributed by atoms with Crippen LogP contribution in [0.2, 0.25) is 0 Å². The fourth-order valence-electron chi connectivity index (χ4n) is 2.56. The number of H-pyrrole nitrogens is 1. The van der Waals surface area contributed by atoms with Crippen molar-refractivity contribution in [2.45, 2.75) is 19.9 Å². The Morgan fingerprint density at radius 3 is 2.96 bits per heavy atom. The molecule has 1 aromatic carbocycles. The number of hydrogen-bond donors (Lipinski definition) is 2. The van der Waals surface area contributed by atoms with E-state index in [1.807, 2.05) is 43.3 Å². The molecule has 2 N–H and O–H groups in total. The Morgan fingerprint density at radius 2 is 2.20 bits per heavy atom. The minimum Gasteiger partial charge on any atom is -0.354 e. The lowest BCUT2D eigenvalue weighted by molar-refractivity contribution is -0.121. The van der Waals surface area contributed by atoms with Crippen LogP contribution in [0.15, 0.2) is 48.8 Å². The number of carbonyl (C=O) groups is 1. The Kier molecular flexibility index (Phi) is 5.35. The zero-order chi connectivity index (χ0) is 17.6. The van der Waals surface area contributed by atoms with Crippen LogP contribution in [0.5, 0.6) is 0 Å². The molecule has 0 aliphatic heterocycles. The van der Waals surface area contributed by atoms with Crippen molar-refractivity contribution in [2.24, 2.45) is 0 Å². The SMILES string of the molecule is Cc1cccc(-c2n[nH]c(=S)n2CC(=O)NCCc2cccnc2)c1. The predicted octanol–water partition coefficient (Wildman–Crippen LogP) is 2.67. The van der Waals surface area contributed by atoms with Crippen LogP contribution in [0, 0.1) is 11.7 Å². The normalized spacial score (nSPS) is 10.6. The molecular weight excluding hydrogens is 334 g/mol. The van der Waals surface area contributed by atoms with E-state index in [4.69, 9.17) is 12.2 Å². The van der Waals surface area contributed by atoms with Crippen molar-refractivity contribution in [3.8, 4) is 11.4 Å². The van der Waals surface area contributed by atoms with Gasteiger partial charge in [-0.1, -0.05) is 29.8 Å². The number of aryl methyl sites for hydroxylation is 1. The molecule has 6 nitrogen and oxygen atoms in total. The van der Waals surface area contributed by atoms with Gasteiger partial charge in [-0.3, -0.25) is 19.4 Å². The summed E-state index contributed by atoms with van der Waals surface area (Å²) in [4.78, 5) is 16.3. The quantitative estimate of drug-likeness (QED) is 0.668. The van der Waals surface area contributed by atoms with Crippen LogP contribution in [0.4, 0.5) is 0 Å². The fraction of sp³-hybridized carbons (Fsp3) is 0.222. The number of nitrogens with zero attached hydrogens (tertiary/aromatic N) is 3. The number of nitrogens with one attached hydrogen (secondary N) is 2. The molecule has 7 heteroatoms. The van der Waals surface area contributed by atoms with Gasteiger partial charge < -0.3 is 5.32 Å². The smallest absolute Gasteiger partial charge is 0.240 e. The number of aromatic nitrogens is 4. The Balaban J connectivity index is 1.65. The summed E-state index contributed by atoms with van der Waals surface area (Å²) in [6, 6.07) is 11.8. The number of hydrogen-bond acceptors (Lipinski definition) is 4. The first-order valence-corrected chi connectivity index (χ1v) is 8.42. The molecule has 0 aliphatic rings. The van der Waals surface area contributed by atoms with Gasteiger partial charge in [0.25, 0.3) is 0 Å². The number of pyridine rings is 1. The first-order valence-electron chi connectivity index (χ1n) is 8.01. The van der Waals surface area contributed by atoms with Gasteiger partial charge in [0.2, 0.25) is 5.91 Å². The molecule has 3 rings (SSSR count). The number of aromatic amines is 1. The molecule has 1 amide bonds. The molecular formula is C18H19N5OS. The summed E-state index contributed by atoms with van der Waals surface area (Å²) in [5.41, 5.74) is 3.14. The van der Waals surface area contributed by atoms with Crippen LogP contribution in [-0.2, 0) is 17.8 Å². The monoisotopic (exact) mass is 353 g/mol. The molecule has 25 heavy (non-hydrogen) atoms. The Labute approximate surface area is 150 Å². The highest BCUT2D eigenvalue weighted by Gasteiger charge is 2.12. The molecule has 0 saturated heterocycles. The Hall–Kier alpha value is -2.80. The molecule has 0 bridgehead atoms. The number of benzene rings is 1. The second-order valence-electron chi connectivity index (χ2n) is 5.77. The minimum atomic E-state index is -0.102. The van der Waals surface area contributed by atoms with Crippen molar-refractivity contribution in [1.82, 2.24) is 25.1 Å². The molecule has 0 spiro atoms. The zero-order valence-corrected chi connectivity index (χ0v) is 14.7. The molecule has 0 fully saturated rings. The van der Waals surface area contributed by atoms with Crippen molar-refractivity contribution in [3.63, 3.8) is 0 Å². The van der Waals surface area contributed by atoms with Crippen LogP contribution in [-0.4, -0.2) is 32.2 Å². The molecule has 128 valence electrons. The zero-order valence-electron chi connectivity index (χ0n) is 13.9. The largest absolute Gasteiger partial charge is 0.354 e. The van der Waals surface area contributed by atoms with Crippen molar-refractivity contribution in [1.29, 1.82) is 0 Å². The van der Waals surface area contributed by atoms with E-state index in [2.05, 4.69) is 20.5 Å². The fourth-order valence-corrected chi connectivity index (χ4v) is 2.76. The van der Waals surface area contributed by atoms with E-state index in [-0.39, 0.29) is 12.5 Å². The maximum Gasteiger partial charge on any atom is 0.240 e. The lowest BCUT2D eigenvalue weighted by atomic mass is 10.1. The molecule has 0 saturated carbocycles. The van der Waals surface area contributed by atoms with Gasteiger partial charge >= 0.3 is 0 Å². The van der Waals surface area contributed by atoms with Crippen LogP contribution in [0.25, 0.3) is 11.4 Å². The van der Waals surface area contributed by atoms with Crippen LogP contribution in [0.1, 0.15) is 11.1 Å². The highest BCUT2D eigenvalue weighted by atomic mass is 32.1. The van der Waals surface area contributed by atoms with E-state index in [1.165, 1.54) is 0 Å². The van der Waals surface area contributed by atoms with Gasteiger partial charge in [-0.2, -0.15) is 5.10 Å². The van der Waals surface area contributed by atoms with E-state index in [1.54, 1.807) is 17.0 Å². The van der Waals surface area contributed by atoms with E-state index in [0.29, 0.717) is 17.1 Å². The number of amides is 1. The van der Waals surface area contributed by atoms with Gasteiger partial charge in [-0.25, -0.2) is 0 Å². The Morgan fingerprint density at radius 1 is 1.32 bits per heavy atom. The molecule has 3 aromatic rings. The minimum absolute atomic E-state index is 0.102. The van der Waals surface area contributed by atoms with Crippen molar-refractivity contribution < 1.29 is 4.79 Å². The third kappa shape index (κ3) is 4.39. The summed E-state index contributed by atoms with van der Waals surface area (Å²) in [6.07, 6.45) is 4.27. The third-order valence-corrected chi connectivity index (χ3v) is 4.11. The van der Waals surface area contributed by atoms with Crippen LogP contribution >= 0.6 is 12.2 Å². The van der Waals surface area contributed by atoms with Gasteiger partial charge in [0.1, 0.15) is 6.54 Å². The standard InChI is InChI=1S/C18H19N5OS/c1-13-4-2-6-15(10-13)17-21-22-18(25)23(17)12-16(24)20-9-7-14-5-3-8-19-11-14/h2-6,8,10-11H,7,9,12H2,1H3,(H,20,24)(H,22,25). The van der Waals surface area contributed by atoms with E-state index in [9.17, 15) is 4.79 Å². The number of carbonyl (C=O) groups excluding carboxylic acids is 1. The first kappa shape index (κ1) is 17.0. The van der Waals surface area contributed by atoms with E-state index in [0.717, 1.165) is 23.1 Å². The van der Waals surface area contributed by atoms with E-state index < -0.39 is 0 Å². The lowest BCUT2D eigenvalue weighted by Crippen LogP contribution is -2.29. The van der Waals surface area contributed by atoms with Crippen LogP contribution < -0.4 is 5.32 Å². The van der Waals surface area contributed by atoms with Crippen molar-refractivity contribution >= 4 is 18.1 Å². The summed E-state index contributed by atoms with van der Waals surface area (Å²) < 4.78 is 2.14. The van der Waals surface area contributed by atoms with Crippen LogP contribution in [0.3, 0.4) is 0 Å². The molecule has 2 heterocycles. The van der Waals surface area contributed by atoms with E-state index >= 15 is 0 Å². The third-order valence-electron chi connectivity index (χ3n) is 3.79. The highest BCUT2D eigenvalue weighted by Crippen LogP contribution is 2.18. The molecule has 0 radical (unpaired) electrons. The first-order chi connectivity index (χ1) is 12.1. The predicted molar refractivity (Wildman–Crippen MR) is 98.5 cm³/mol. The average molecular weight is 353 g/mol. The average Bonchev–Trinajstić information content (AvgIpc) is 2.96. The highest BCUT2D eigenvalue weighted by molar-refractivity contribution is 7.71. The summed E-state index contributed by atoms with van der Waals surface area (Å²) in [7, 11) is 0. The molecule has 0 atom stereocenters. The molecule has 0 aliphatic carbocycles. The van der Waals surface area contributed by atoms with Gasteiger partial charge in [0.15, 0.2) is 10.6 Å². The summed E-state index contributed by atoms with van der Waals surface area (Å²) >= 11 is 5.27. The van der Waals surface area contributed by atoms with Gasteiger partial charge in [-0.05, 0) is 43.3 Å². The Bertz CT molecular complexity index is 916. The second kappa shape index (κ2) is 7.85. The van der Waals surface area contributed by atoms with Gasteiger partial charge in [-0.15, -0.1) is 0 Å². The van der Waals surface area contributed by atoms with Crippen molar-refractivity contribution in [2.75, 3.05) is 6.54 Å². The van der Waals surface area contributed by atoms with Gasteiger partial charge in [0.05, 0.1) is 0 Å². The lowest BCUT2D eigenvalue weighted by Gasteiger charge is -2.08. The summed E-state index contributed by atoms with van der Waals surface area (Å²) in [6.45, 7) is 2.70. The topological polar surface area (TPSA) is 75.6 Å². The van der Waals surface area contributed by atoms with Gasteiger partial charge in [0, 0.05) is 24.5 Å². The second-order valence-corrected chi connectivity index (χ2v) is 6.16. The maximum absolute atomic E-state index is 12.3. The molecule has 0 unspecified atom stereocenters. The summed E-state index contributed by atoms with van der Waals surface area (Å²) in [5.74, 6) is 0.561. The van der Waals surface area contributed by atoms with Crippen molar-refractivity contribution in [3.05, 3.63) is 64.7 Å². The summed E-state index contributed by atoms with van der Waals surface area (Å²) in [5, 5.41) is 9.95. The molecule has 2 aromatic heterocycles. The number of rotatable bonds is 6.